The monoisotopic (exact) mass is 299 g/mol. The van der Waals surface area contributed by atoms with Crippen LogP contribution in [0.3, 0.4) is 0 Å². The van der Waals surface area contributed by atoms with Crippen LogP contribution >= 0.6 is 0 Å². The second-order valence-electron chi connectivity index (χ2n) is 5.25. The smallest absolute Gasteiger partial charge is 0.212 e. The molecule has 0 spiro atoms. The maximum absolute atomic E-state index is 12.0. The molecule has 0 aliphatic rings. The van der Waals surface area contributed by atoms with Crippen LogP contribution < -0.4 is 10.0 Å². The molecule has 0 aliphatic carbocycles. The summed E-state index contributed by atoms with van der Waals surface area (Å²) in [6.45, 7) is 6.85. The second kappa shape index (κ2) is 8.34. The van der Waals surface area contributed by atoms with Gasteiger partial charge in [-0.3, -0.25) is 4.98 Å². The van der Waals surface area contributed by atoms with E-state index in [1.54, 1.807) is 12.4 Å². The van der Waals surface area contributed by atoms with Crippen LogP contribution in [0.15, 0.2) is 24.5 Å². The highest BCUT2D eigenvalue weighted by Crippen LogP contribution is 2.12. The molecule has 1 unspecified atom stereocenters. The van der Waals surface area contributed by atoms with E-state index < -0.39 is 10.0 Å². The third-order valence-electron chi connectivity index (χ3n) is 2.95. The Morgan fingerprint density at radius 3 is 2.40 bits per heavy atom. The van der Waals surface area contributed by atoms with E-state index in [1.165, 1.54) is 0 Å². The number of unbranched alkanes of at least 4 members (excludes halogenated alkanes) is 1. The first-order valence-electron chi connectivity index (χ1n) is 7.04. The minimum Gasteiger partial charge on any atom is -0.315 e. The molecule has 0 amide bonds. The lowest BCUT2D eigenvalue weighted by Crippen LogP contribution is -2.30. The van der Waals surface area contributed by atoms with E-state index in [0.29, 0.717) is 12.5 Å². The number of hydrogen-bond donors (Lipinski definition) is 2. The first-order chi connectivity index (χ1) is 9.41. The van der Waals surface area contributed by atoms with Crippen LogP contribution in [0.1, 0.15) is 45.2 Å². The SMILES string of the molecule is CC(C)NCCCCS(=O)(=O)NC(C)c1ccncc1. The second-order valence-corrected chi connectivity index (χ2v) is 7.13. The van der Waals surface area contributed by atoms with Gasteiger partial charge in [0.05, 0.1) is 5.75 Å². The van der Waals surface area contributed by atoms with E-state index in [0.717, 1.165) is 18.5 Å². The molecule has 0 saturated heterocycles. The number of aromatic nitrogens is 1. The number of rotatable bonds is 9. The first kappa shape index (κ1) is 17.1. The molecule has 0 bridgehead atoms. The van der Waals surface area contributed by atoms with Gasteiger partial charge in [-0.25, -0.2) is 13.1 Å². The molecule has 0 fully saturated rings. The third kappa shape index (κ3) is 6.98. The summed E-state index contributed by atoms with van der Waals surface area (Å²) in [6.07, 6.45) is 4.86. The van der Waals surface area contributed by atoms with Gasteiger partial charge < -0.3 is 5.32 Å². The third-order valence-corrected chi connectivity index (χ3v) is 4.49. The summed E-state index contributed by atoms with van der Waals surface area (Å²) in [4.78, 5) is 3.92. The van der Waals surface area contributed by atoms with Gasteiger partial charge in [-0.2, -0.15) is 0 Å². The van der Waals surface area contributed by atoms with Gasteiger partial charge in [0, 0.05) is 24.5 Å². The summed E-state index contributed by atoms with van der Waals surface area (Å²) in [5.41, 5.74) is 0.921. The van der Waals surface area contributed by atoms with Gasteiger partial charge in [0.25, 0.3) is 0 Å². The average molecular weight is 299 g/mol. The van der Waals surface area contributed by atoms with Crippen LogP contribution in [0.25, 0.3) is 0 Å². The Morgan fingerprint density at radius 1 is 1.15 bits per heavy atom. The molecule has 1 rings (SSSR count). The Bertz CT molecular complexity index is 474. The Hall–Kier alpha value is -0.980. The highest BCUT2D eigenvalue weighted by atomic mass is 32.2. The highest BCUT2D eigenvalue weighted by molar-refractivity contribution is 7.89. The predicted octanol–water partition coefficient (Wildman–Crippen LogP) is 1.84. The molecule has 0 saturated carbocycles. The molecule has 1 aromatic heterocycles. The van der Waals surface area contributed by atoms with Gasteiger partial charge in [-0.05, 0) is 44.0 Å². The summed E-state index contributed by atoms with van der Waals surface area (Å²) in [5.74, 6) is 0.169. The number of sulfonamides is 1. The fraction of sp³-hybridized carbons (Fsp3) is 0.643. The quantitative estimate of drug-likeness (QED) is 0.683. The number of nitrogens with one attached hydrogen (secondary N) is 2. The molecular weight excluding hydrogens is 274 g/mol. The fourth-order valence-corrected chi connectivity index (χ4v) is 3.23. The molecule has 0 radical (unpaired) electrons. The minimum absolute atomic E-state index is 0.169. The summed E-state index contributed by atoms with van der Waals surface area (Å²) < 4.78 is 26.6. The van der Waals surface area contributed by atoms with Gasteiger partial charge >= 0.3 is 0 Å². The van der Waals surface area contributed by atoms with E-state index in [-0.39, 0.29) is 11.8 Å². The molecular formula is C14H25N3O2S. The van der Waals surface area contributed by atoms with Crippen molar-refractivity contribution in [2.45, 2.75) is 45.7 Å². The van der Waals surface area contributed by atoms with Gasteiger partial charge in [-0.1, -0.05) is 13.8 Å². The molecule has 1 aromatic rings. The van der Waals surface area contributed by atoms with Gasteiger partial charge in [0.1, 0.15) is 0 Å². The predicted molar refractivity (Wildman–Crippen MR) is 81.9 cm³/mol. The molecule has 1 heterocycles. The molecule has 0 aliphatic heterocycles. The Morgan fingerprint density at radius 2 is 1.80 bits per heavy atom. The van der Waals surface area contributed by atoms with Crippen molar-refractivity contribution in [2.75, 3.05) is 12.3 Å². The van der Waals surface area contributed by atoms with Crippen LogP contribution in [-0.4, -0.2) is 31.7 Å². The highest BCUT2D eigenvalue weighted by Gasteiger charge is 2.15. The zero-order valence-corrected chi connectivity index (χ0v) is 13.3. The lowest BCUT2D eigenvalue weighted by molar-refractivity contribution is 0.549. The van der Waals surface area contributed by atoms with E-state index >= 15 is 0 Å². The molecule has 2 N–H and O–H groups in total. The van der Waals surface area contributed by atoms with Crippen molar-refractivity contribution in [1.29, 1.82) is 0 Å². The van der Waals surface area contributed by atoms with Gasteiger partial charge in [0.15, 0.2) is 0 Å². The Kier molecular flexibility index (Phi) is 7.12. The van der Waals surface area contributed by atoms with E-state index in [1.807, 2.05) is 19.1 Å². The molecule has 1 atom stereocenters. The number of pyridine rings is 1. The normalized spacial score (nSPS) is 13.6. The van der Waals surface area contributed by atoms with Crippen LogP contribution in [0.2, 0.25) is 0 Å². The number of hydrogen-bond acceptors (Lipinski definition) is 4. The van der Waals surface area contributed by atoms with Crippen LogP contribution in [0.4, 0.5) is 0 Å². The maximum atomic E-state index is 12.0. The zero-order chi connectivity index (χ0) is 15.0. The van der Waals surface area contributed by atoms with Gasteiger partial charge in [-0.15, -0.1) is 0 Å². The summed E-state index contributed by atoms with van der Waals surface area (Å²) in [6, 6.07) is 3.85. The Labute approximate surface area is 122 Å². The summed E-state index contributed by atoms with van der Waals surface area (Å²) in [7, 11) is -3.23. The maximum Gasteiger partial charge on any atom is 0.212 e. The first-order valence-corrected chi connectivity index (χ1v) is 8.69. The molecule has 6 heteroatoms. The lowest BCUT2D eigenvalue weighted by Gasteiger charge is -2.14. The molecule has 0 aromatic carbocycles. The standard InChI is InChI=1S/C14H25N3O2S/c1-12(2)16-8-4-5-11-20(18,19)17-13(3)14-6-9-15-10-7-14/h6-7,9-10,12-13,16-17H,4-5,8,11H2,1-3H3. The van der Waals surface area contributed by atoms with Crippen molar-refractivity contribution in [2.24, 2.45) is 0 Å². The fourth-order valence-electron chi connectivity index (χ4n) is 1.86. The van der Waals surface area contributed by atoms with Crippen molar-refractivity contribution >= 4 is 10.0 Å². The summed E-state index contributed by atoms with van der Waals surface area (Å²) >= 11 is 0. The largest absolute Gasteiger partial charge is 0.315 e. The van der Waals surface area contributed by atoms with Crippen molar-refractivity contribution in [1.82, 2.24) is 15.0 Å². The minimum atomic E-state index is -3.23. The van der Waals surface area contributed by atoms with Crippen molar-refractivity contribution in [3.05, 3.63) is 30.1 Å². The average Bonchev–Trinajstić information content (AvgIpc) is 2.38. The zero-order valence-electron chi connectivity index (χ0n) is 12.5. The number of nitrogens with zero attached hydrogens (tertiary/aromatic N) is 1. The van der Waals surface area contributed by atoms with Crippen LogP contribution in [-0.2, 0) is 10.0 Å². The van der Waals surface area contributed by atoms with E-state index in [2.05, 4.69) is 28.9 Å². The van der Waals surface area contributed by atoms with E-state index in [9.17, 15) is 8.42 Å². The molecule has 114 valence electrons. The molecule has 5 nitrogen and oxygen atoms in total. The van der Waals surface area contributed by atoms with Crippen molar-refractivity contribution in [3.8, 4) is 0 Å². The summed E-state index contributed by atoms with van der Waals surface area (Å²) in [5, 5.41) is 3.28. The Balaban J connectivity index is 2.34. The van der Waals surface area contributed by atoms with Crippen LogP contribution in [0, 0.1) is 0 Å². The van der Waals surface area contributed by atoms with Crippen molar-refractivity contribution < 1.29 is 8.42 Å². The topological polar surface area (TPSA) is 71.1 Å². The van der Waals surface area contributed by atoms with E-state index in [4.69, 9.17) is 0 Å². The van der Waals surface area contributed by atoms with Crippen molar-refractivity contribution in [3.63, 3.8) is 0 Å². The molecule has 20 heavy (non-hydrogen) atoms. The lowest BCUT2D eigenvalue weighted by atomic mass is 10.1. The van der Waals surface area contributed by atoms with Gasteiger partial charge in [0.2, 0.25) is 10.0 Å². The van der Waals surface area contributed by atoms with Crippen LogP contribution in [0.5, 0.6) is 0 Å².